The summed E-state index contributed by atoms with van der Waals surface area (Å²) >= 11 is 6.04. The Morgan fingerprint density at radius 1 is 0.593 bits per heavy atom. The van der Waals surface area contributed by atoms with Crippen molar-refractivity contribution in [2.24, 2.45) is 0 Å². The first-order chi connectivity index (χ1) is 12.8. The van der Waals surface area contributed by atoms with Crippen LogP contribution in [-0.4, -0.2) is 0 Å². The summed E-state index contributed by atoms with van der Waals surface area (Å²) < 4.78 is 0. The molecule has 0 radical (unpaired) electrons. The van der Waals surface area contributed by atoms with E-state index in [1.807, 2.05) is 12.1 Å². The molecule has 0 heterocycles. The van der Waals surface area contributed by atoms with Crippen molar-refractivity contribution in [2.45, 2.75) is 51.4 Å². The lowest BCUT2D eigenvalue weighted by atomic mass is 9.63. The van der Waals surface area contributed by atoms with E-state index in [2.05, 4.69) is 82.3 Å². The number of rotatable bonds is 2. The third-order valence-corrected chi connectivity index (χ3v) is 6.48. The highest BCUT2D eigenvalue weighted by Gasteiger charge is 2.36. The average Bonchev–Trinajstić information content (AvgIpc) is 2.66. The lowest BCUT2D eigenvalue weighted by Crippen LogP contribution is -2.33. The van der Waals surface area contributed by atoms with Gasteiger partial charge >= 0.3 is 0 Å². The van der Waals surface area contributed by atoms with Gasteiger partial charge in [0.05, 0.1) is 0 Å². The zero-order valence-corrected chi connectivity index (χ0v) is 17.4. The highest BCUT2D eigenvalue weighted by Crippen LogP contribution is 2.46. The first-order valence-corrected chi connectivity index (χ1v) is 10.2. The molecule has 0 saturated heterocycles. The van der Waals surface area contributed by atoms with Crippen molar-refractivity contribution < 1.29 is 0 Å². The van der Waals surface area contributed by atoms with Crippen molar-refractivity contribution in [1.82, 2.24) is 0 Å². The van der Waals surface area contributed by atoms with Gasteiger partial charge in [-0.05, 0) is 75.3 Å². The fourth-order valence-electron chi connectivity index (χ4n) is 4.29. The van der Waals surface area contributed by atoms with Crippen LogP contribution in [0.4, 0.5) is 0 Å². The van der Waals surface area contributed by atoms with Crippen LogP contribution in [0, 0.1) is 0 Å². The van der Waals surface area contributed by atoms with Crippen LogP contribution >= 0.6 is 11.6 Å². The van der Waals surface area contributed by atoms with Gasteiger partial charge in [-0.2, -0.15) is 0 Å². The molecule has 27 heavy (non-hydrogen) atoms. The van der Waals surface area contributed by atoms with E-state index in [9.17, 15) is 0 Å². The van der Waals surface area contributed by atoms with E-state index in [0.717, 1.165) is 5.02 Å². The third kappa shape index (κ3) is 3.44. The lowest BCUT2D eigenvalue weighted by molar-refractivity contribution is 0.332. The molecule has 0 saturated carbocycles. The van der Waals surface area contributed by atoms with Crippen LogP contribution in [0.15, 0.2) is 66.7 Å². The van der Waals surface area contributed by atoms with Crippen molar-refractivity contribution in [3.63, 3.8) is 0 Å². The molecule has 0 N–H and O–H groups in total. The zero-order chi connectivity index (χ0) is 19.2. The standard InChI is InChI=1S/C26H27Cl/c1-25(2)14-15-26(3,4)24-17-21(10-13-23(24)25)20-7-5-6-19(16-20)18-8-11-22(27)12-9-18/h5-13,16-17H,14-15H2,1-4H3. The van der Waals surface area contributed by atoms with Crippen molar-refractivity contribution in [3.8, 4) is 22.3 Å². The Kier molecular flexibility index (Phi) is 4.43. The fourth-order valence-corrected chi connectivity index (χ4v) is 4.41. The minimum Gasteiger partial charge on any atom is -0.0843 e. The van der Waals surface area contributed by atoms with Gasteiger partial charge < -0.3 is 0 Å². The molecule has 1 aliphatic carbocycles. The second-order valence-electron chi connectivity index (χ2n) is 9.12. The Bertz CT molecular complexity index is 977. The number of hydrogen-bond acceptors (Lipinski definition) is 0. The SMILES string of the molecule is CC1(C)CCC(C)(C)c2cc(-c3cccc(-c4ccc(Cl)cc4)c3)ccc21. The molecule has 0 nitrogen and oxygen atoms in total. The Balaban J connectivity index is 1.79. The molecule has 0 aromatic heterocycles. The molecule has 138 valence electrons. The van der Waals surface area contributed by atoms with Gasteiger partial charge in [0.1, 0.15) is 0 Å². The molecule has 0 aliphatic heterocycles. The lowest BCUT2D eigenvalue weighted by Gasteiger charge is -2.42. The van der Waals surface area contributed by atoms with Crippen LogP contribution in [0.1, 0.15) is 51.7 Å². The molecule has 0 unspecified atom stereocenters. The first kappa shape index (κ1) is 18.3. The van der Waals surface area contributed by atoms with E-state index in [-0.39, 0.29) is 10.8 Å². The Morgan fingerprint density at radius 2 is 1.11 bits per heavy atom. The predicted octanol–water partition coefficient (Wildman–Crippen LogP) is 8.02. The maximum atomic E-state index is 6.04. The van der Waals surface area contributed by atoms with Crippen LogP contribution in [0.2, 0.25) is 5.02 Å². The third-order valence-electron chi connectivity index (χ3n) is 6.23. The minimum absolute atomic E-state index is 0.231. The normalized spacial score (nSPS) is 17.4. The summed E-state index contributed by atoms with van der Waals surface area (Å²) in [7, 11) is 0. The van der Waals surface area contributed by atoms with E-state index < -0.39 is 0 Å². The molecular weight excluding hydrogens is 348 g/mol. The zero-order valence-electron chi connectivity index (χ0n) is 16.6. The molecule has 0 bridgehead atoms. The summed E-state index contributed by atoms with van der Waals surface area (Å²) in [5, 5.41) is 0.773. The van der Waals surface area contributed by atoms with Gasteiger partial charge in [0.25, 0.3) is 0 Å². The van der Waals surface area contributed by atoms with E-state index >= 15 is 0 Å². The van der Waals surface area contributed by atoms with Crippen molar-refractivity contribution in [2.75, 3.05) is 0 Å². The molecular formula is C26H27Cl. The van der Waals surface area contributed by atoms with Crippen LogP contribution in [0.5, 0.6) is 0 Å². The van der Waals surface area contributed by atoms with Gasteiger partial charge in [-0.1, -0.05) is 87.8 Å². The average molecular weight is 375 g/mol. The highest BCUT2D eigenvalue weighted by atomic mass is 35.5. The molecule has 1 heteroatoms. The van der Waals surface area contributed by atoms with Gasteiger partial charge in [-0.3, -0.25) is 0 Å². The van der Waals surface area contributed by atoms with E-state index in [0.29, 0.717) is 0 Å². The second-order valence-corrected chi connectivity index (χ2v) is 9.55. The quantitative estimate of drug-likeness (QED) is 0.426. The molecule has 1 aliphatic rings. The van der Waals surface area contributed by atoms with E-state index in [4.69, 9.17) is 11.6 Å². The van der Waals surface area contributed by atoms with Gasteiger partial charge in [0.2, 0.25) is 0 Å². The van der Waals surface area contributed by atoms with E-state index in [1.54, 1.807) is 0 Å². The Morgan fingerprint density at radius 3 is 1.78 bits per heavy atom. The summed E-state index contributed by atoms with van der Waals surface area (Å²) in [6.45, 7) is 9.52. The smallest absolute Gasteiger partial charge is 0.0406 e. The van der Waals surface area contributed by atoms with Gasteiger partial charge in [-0.15, -0.1) is 0 Å². The molecule has 3 aromatic rings. The van der Waals surface area contributed by atoms with Crippen LogP contribution in [0.3, 0.4) is 0 Å². The van der Waals surface area contributed by atoms with Crippen molar-refractivity contribution in [1.29, 1.82) is 0 Å². The molecule has 0 atom stereocenters. The molecule has 4 rings (SSSR count). The highest BCUT2D eigenvalue weighted by molar-refractivity contribution is 6.30. The summed E-state index contributed by atoms with van der Waals surface area (Å²) in [6, 6.07) is 24.0. The topological polar surface area (TPSA) is 0 Å². The molecule has 3 aromatic carbocycles. The van der Waals surface area contributed by atoms with Gasteiger partial charge in [0.15, 0.2) is 0 Å². The predicted molar refractivity (Wildman–Crippen MR) is 118 cm³/mol. The number of fused-ring (bicyclic) bond motifs is 1. The minimum atomic E-state index is 0.231. The largest absolute Gasteiger partial charge is 0.0843 e. The van der Waals surface area contributed by atoms with Crippen LogP contribution in [-0.2, 0) is 10.8 Å². The summed E-state index contributed by atoms with van der Waals surface area (Å²) in [6.07, 6.45) is 2.49. The van der Waals surface area contributed by atoms with Crippen molar-refractivity contribution in [3.05, 3.63) is 82.9 Å². The molecule has 0 fully saturated rings. The fraction of sp³-hybridized carbons (Fsp3) is 0.308. The summed E-state index contributed by atoms with van der Waals surface area (Å²) in [5.74, 6) is 0. The number of hydrogen-bond donors (Lipinski definition) is 0. The monoisotopic (exact) mass is 374 g/mol. The summed E-state index contributed by atoms with van der Waals surface area (Å²) in [5.41, 5.74) is 8.50. The molecule has 0 spiro atoms. The van der Waals surface area contributed by atoms with Gasteiger partial charge in [-0.25, -0.2) is 0 Å². The van der Waals surface area contributed by atoms with Crippen LogP contribution < -0.4 is 0 Å². The second kappa shape index (κ2) is 6.53. The Labute approximate surface area is 168 Å². The molecule has 0 amide bonds. The number of halogens is 1. The summed E-state index contributed by atoms with van der Waals surface area (Å²) in [4.78, 5) is 0. The maximum absolute atomic E-state index is 6.04. The van der Waals surface area contributed by atoms with Gasteiger partial charge in [0, 0.05) is 5.02 Å². The maximum Gasteiger partial charge on any atom is 0.0406 e. The Hall–Kier alpha value is -2.05. The van der Waals surface area contributed by atoms with Crippen LogP contribution in [0.25, 0.3) is 22.3 Å². The van der Waals surface area contributed by atoms with Crippen molar-refractivity contribution >= 4 is 11.6 Å². The van der Waals surface area contributed by atoms with E-state index in [1.165, 1.54) is 46.2 Å². The number of benzene rings is 3. The first-order valence-electron chi connectivity index (χ1n) is 9.78.